The fourth-order valence-corrected chi connectivity index (χ4v) is 2.83. The molecule has 7 heteroatoms. The molecular formula is C12H17Cl2NO3S. The van der Waals surface area contributed by atoms with Crippen molar-refractivity contribution >= 4 is 33.2 Å². The molecule has 0 aliphatic carbocycles. The summed E-state index contributed by atoms with van der Waals surface area (Å²) < 4.78 is 27.9. The molecule has 0 saturated heterocycles. The Labute approximate surface area is 123 Å². The Hall–Kier alpha value is -0.490. The molecule has 0 amide bonds. The topological polar surface area (TPSA) is 69.4 Å². The number of halogens is 2. The number of hydrogen-bond donors (Lipinski definition) is 1. The molecular weight excluding hydrogens is 309 g/mol. The van der Waals surface area contributed by atoms with Crippen LogP contribution >= 0.6 is 23.2 Å². The second kappa shape index (κ2) is 7.33. The maximum Gasteiger partial charge on any atom is 0.238 e. The minimum absolute atomic E-state index is 0.124. The largest absolute Gasteiger partial charge is 0.490 e. The van der Waals surface area contributed by atoms with Crippen molar-refractivity contribution in [1.82, 2.24) is 0 Å². The van der Waals surface area contributed by atoms with Crippen molar-refractivity contribution in [3.63, 3.8) is 0 Å². The number of primary sulfonamides is 1. The lowest BCUT2D eigenvalue weighted by Crippen LogP contribution is -2.12. The third kappa shape index (κ3) is 5.18. The van der Waals surface area contributed by atoms with E-state index >= 15 is 0 Å². The minimum atomic E-state index is -3.82. The summed E-state index contributed by atoms with van der Waals surface area (Å²) >= 11 is 11.9. The van der Waals surface area contributed by atoms with Gasteiger partial charge in [-0.25, -0.2) is 13.6 Å². The summed E-state index contributed by atoms with van der Waals surface area (Å²) in [6.45, 7) is 2.62. The number of rotatable bonds is 7. The highest BCUT2D eigenvalue weighted by Gasteiger charge is 2.15. The Morgan fingerprint density at radius 3 is 2.21 bits per heavy atom. The number of unbranched alkanes of at least 4 members (excludes halogenated alkanes) is 3. The molecule has 1 aromatic carbocycles. The molecule has 1 aromatic rings. The highest BCUT2D eigenvalue weighted by atomic mass is 35.5. The summed E-state index contributed by atoms with van der Waals surface area (Å²) in [6.07, 6.45) is 4.26. The van der Waals surface area contributed by atoms with Crippen LogP contribution in [0.25, 0.3) is 0 Å². The van der Waals surface area contributed by atoms with Gasteiger partial charge in [0.05, 0.1) is 21.5 Å². The Morgan fingerprint density at radius 2 is 1.74 bits per heavy atom. The zero-order chi connectivity index (χ0) is 14.5. The molecule has 108 valence electrons. The third-order valence-corrected chi connectivity index (χ3v) is 4.00. The first-order valence-corrected chi connectivity index (χ1v) is 8.31. The van der Waals surface area contributed by atoms with Crippen LogP contribution in [0.3, 0.4) is 0 Å². The molecule has 1 rings (SSSR count). The first-order chi connectivity index (χ1) is 8.86. The third-order valence-electron chi connectivity index (χ3n) is 2.54. The van der Waals surface area contributed by atoms with E-state index in [0.717, 1.165) is 25.7 Å². The summed E-state index contributed by atoms with van der Waals surface area (Å²) in [5.41, 5.74) is 0. The van der Waals surface area contributed by atoms with Crippen LogP contribution in [0.15, 0.2) is 17.0 Å². The van der Waals surface area contributed by atoms with E-state index < -0.39 is 10.0 Å². The molecule has 0 aromatic heterocycles. The van der Waals surface area contributed by atoms with Gasteiger partial charge in [-0.15, -0.1) is 0 Å². The van der Waals surface area contributed by atoms with Crippen molar-refractivity contribution in [1.29, 1.82) is 0 Å². The van der Waals surface area contributed by atoms with Crippen molar-refractivity contribution in [2.24, 2.45) is 5.14 Å². The molecule has 0 saturated carbocycles. The van der Waals surface area contributed by atoms with Gasteiger partial charge in [0.2, 0.25) is 10.0 Å². The van der Waals surface area contributed by atoms with Gasteiger partial charge in [-0.3, -0.25) is 0 Å². The van der Waals surface area contributed by atoms with E-state index in [9.17, 15) is 8.42 Å². The van der Waals surface area contributed by atoms with E-state index in [1.807, 2.05) is 0 Å². The molecule has 0 aliphatic rings. The first kappa shape index (κ1) is 16.6. The van der Waals surface area contributed by atoms with E-state index in [1.54, 1.807) is 0 Å². The van der Waals surface area contributed by atoms with Gasteiger partial charge in [0, 0.05) is 0 Å². The van der Waals surface area contributed by atoms with Gasteiger partial charge in [0.25, 0.3) is 0 Å². The van der Waals surface area contributed by atoms with Gasteiger partial charge >= 0.3 is 0 Å². The van der Waals surface area contributed by atoms with Crippen LogP contribution in [0.1, 0.15) is 32.6 Å². The number of hydrogen-bond acceptors (Lipinski definition) is 3. The monoisotopic (exact) mass is 325 g/mol. The minimum Gasteiger partial charge on any atom is -0.490 e. The number of benzene rings is 1. The van der Waals surface area contributed by atoms with Gasteiger partial charge in [0.15, 0.2) is 5.75 Å². The Morgan fingerprint density at radius 1 is 1.16 bits per heavy atom. The van der Waals surface area contributed by atoms with Crippen molar-refractivity contribution in [2.45, 2.75) is 37.5 Å². The van der Waals surface area contributed by atoms with Gasteiger partial charge in [0.1, 0.15) is 0 Å². The standard InChI is InChI=1S/C12H17Cl2NO3S/c1-2-3-4-5-6-18-12-10(13)7-9(8-11(12)14)19(15,16)17/h7-8H,2-6H2,1H3,(H2,15,16,17). The number of ether oxygens (including phenoxy) is 1. The van der Waals surface area contributed by atoms with Crippen molar-refractivity contribution in [3.05, 3.63) is 22.2 Å². The highest BCUT2D eigenvalue weighted by Crippen LogP contribution is 2.35. The molecule has 0 unspecified atom stereocenters. The molecule has 4 nitrogen and oxygen atoms in total. The van der Waals surface area contributed by atoms with Crippen molar-refractivity contribution < 1.29 is 13.2 Å². The first-order valence-electron chi connectivity index (χ1n) is 6.01. The molecule has 0 atom stereocenters. The van der Waals surface area contributed by atoms with Gasteiger partial charge in [-0.1, -0.05) is 49.4 Å². The lowest BCUT2D eigenvalue weighted by atomic mass is 10.2. The highest BCUT2D eigenvalue weighted by molar-refractivity contribution is 7.89. The summed E-state index contributed by atoms with van der Waals surface area (Å²) in [5.74, 6) is 0.298. The van der Waals surface area contributed by atoms with Crippen LogP contribution in [0, 0.1) is 0 Å². The molecule has 0 spiro atoms. The Kier molecular flexibility index (Phi) is 6.39. The van der Waals surface area contributed by atoms with Crippen LogP contribution in [-0.4, -0.2) is 15.0 Å². The molecule has 0 radical (unpaired) electrons. The lowest BCUT2D eigenvalue weighted by molar-refractivity contribution is 0.305. The fourth-order valence-electron chi connectivity index (χ4n) is 1.54. The zero-order valence-electron chi connectivity index (χ0n) is 10.7. The summed E-state index contributed by atoms with van der Waals surface area (Å²) in [5, 5.41) is 5.30. The summed E-state index contributed by atoms with van der Waals surface area (Å²) in [7, 11) is -3.82. The lowest BCUT2D eigenvalue weighted by Gasteiger charge is -2.11. The maximum absolute atomic E-state index is 11.2. The van der Waals surface area contributed by atoms with Crippen LogP contribution in [0.2, 0.25) is 10.0 Å². The normalized spacial score (nSPS) is 11.6. The van der Waals surface area contributed by atoms with E-state index in [1.165, 1.54) is 12.1 Å². The summed E-state index contributed by atoms with van der Waals surface area (Å²) in [6, 6.07) is 2.48. The average Bonchev–Trinajstić information content (AvgIpc) is 2.30. The fraction of sp³-hybridized carbons (Fsp3) is 0.500. The summed E-state index contributed by atoms with van der Waals surface area (Å²) in [4.78, 5) is -0.124. The molecule has 19 heavy (non-hydrogen) atoms. The molecule has 0 bridgehead atoms. The Balaban J connectivity index is 2.75. The Bertz CT molecular complexity index is 509. The predicted octanol–water partition coefficient (Wildman–Crippen LogP) is 3.60. The quantitative estimate of drug-likeness (QED) is 0.778. The van der Waals surface area contributed by atoms with Crippen LogP contribution in [0.5, 0.6) is 5.75 Å². The van der Waals surface area contributed by atoms with Gasteiger partial charge in [-0.05, 0) is 18.6 Å². The number of sulfonamides is 1. The van der Waals surface area contributed by atoms with Gasteiger partial charge in [-0.2, -0.15) is 0 Å². The van der Waals surface area contributed by atoms with E-state index in [2.05, 4.69) is 6.92 Å². The van der Waals surface area contributed by atoms with E-state index in [4.69, 9.17) is 33.1 Å². The predicted molar refractivity (Wildman–Crippen MR) is 77.5 cm³/mol. The second-order valence-electron chi connectivity index (χ2n) is 4.17. The zero-order valence-corrected chi connectivity index (χ0v) is 13.0. The van der Waals surface area contributed by atoms with Gasteiger partial charge < -0.3 is 4.74 Å². The van der Waals surface area contributed by atoms with E-state index in [-0.39, 0.29) is 14.9 Å². The molecule has 0 heterocycles. The van der Waals surface area contributed by atoms with Crippen LogP contribution in [-0.2, 0) is 10.0 Å². The molecule has 0 fully saturated rings. The number of nitrogens with two attached hydrogens (primary N) is 1. The van der Waals surface area contributed by atoms with E-state index in [0.29, 0.717) is 12.4 Å². The molecule has 0 aliphatic heterocycles. The molecule has 2 N–H and O–H groups in total. The SMILES string of the molecule is CCCCCCOc1c(Cl)cc(S(N)(=O)=O)cc1Cl. The maximum atomic E-state index is 11.2. The van der Waals surface area contributed by atoms with Crippen molar-refractivity contribution in [2.75, 3.05) is 6.61 Å². The van der Waals surface area contributed by atoms with Crippen LogP contribution < -0.4 is 9.88 Å². The van der Waals surface area contributed by atoms with Crippen LogP contribution in [0.4, 0.5) is 0 Å². The second-order valence-corrected chi connectivity index (χ2v) is 6.55. The van der Waals surface area contributed by atoms with Crippen molar-refractivity contribution in [3.8, 4) is 5.75 Å². The average molecular weight is 326 g/mol. The smallest absolute Gasteiger partial charge is 0.238 e.